The maximum absolute atomic E-state index is 11.0. The third-order valence-corrected chi connectivity index (χ3v) is 4.19. The van der Waals surface area contributed by atoms with E-state index >= 15 is 0 Å². The summed E-state index contributed by atoms with van der Waals surface area (Å²) in [4.78, 5) is 3.88. The Morgan fingerprint density at radius 3 is 2.50 bits per heavy atom. The number of halogens is 2. The van der Waals surface area contributed by atoms with Crippen molar-refractivity contribution in [3.8, 4) is 23.3 Å². The Labute approximate surface area is 161 Å². The lowest BCUT2D eigenvalue weighted by molar-refractivity contribution is 0.0759. The standard InChI is InChI=1S/C19H15Cl2N3O2/c1-2-9-19(25,11-24-13-22-12-23-24)17-8-7-16(10-18(17)21)26-15-5-3-14(20)4-6-15/h3-8,10,12-13,25H,11H2,1H3/t19-/m1/s1. The molecule has 7 heteroatoms. The van der Waals surface area contributed by atoms with E-state index in [1.165, 1.54) is 17.3 Å². The van der Waals surface area contributed by atoms with Crippen LogP contribution in [0.2, 0.25) is 10.0 Å². The van der Waals surface area contributed by atoms with Gasteiger partial charge in [-0.05, 0) is 49.4 Å². The molecule has 0 aliphatic heterocycles. The molecule has 0 spiro atoms. The van der Waals surface area contributed by atoms with E-state index in [1.807, 2.05) is 0 Å². The molecule has 0 bridgehead atoms. The molecule has 0 aliphatic carbocycles. The van der Waals surface area contributed by atoms with Gasteiger partial charge in [-0.15, -0.1) is 5.92 Å². The van der Waals surface area contributed by atoms with Crippen LogP contribution in [0.5, 0.6) is 11.5 Å². The van der Waals surface area contributed by atoms with E-state index in [0.717, 1.165) is 0 Å². The summed E-state index contributed by atoms with van der Waals surface area (Å²) in [6.45, 7) is 1.75. The first-order valence-corrected chi connectivity index (χ1v) is 8.48. The van der Waals surface area contributed by atoms with Gasteiger partial charge in [-0.2, -0.15) is 5.10 Å². The first kappa shape index (κ1) is 18.3. The summed E-state index contributed by atoms with van der Waals surface area (Å²) < 4.78 is 7.26. The molecule has 1 N–H and O–H groups in total. The van der Waals surface area contributed by atoms with E-state index in [9.17, 15) is 5.11 Å². The summed E-state index contributed by atoms with van der Waals surface area (Å²) in [6.07, 6.45) is 2.90. The number of nitrogens with zero attached hydrogens (tertiary/aromatic N) is 3. The Bertz CT molecular complexity index is 947. The lowest BCUT2D eigenvalue weighted by Gasteiger charge is -2.24. The van der Waals surface area contributed by atoms with Gasteiger partial charge in [0.15, 0.2) is 5.60 Å². The van der Waals surface area contributed by atoms with Crippen LogP contribution in [0.1, 0.15) is 12.5 Å². The molecule has 0 aliphatic rings. The zero-order valence-electron chi connectivity index (χ0n) is 13.9. The van der Waals surface area contributed by atoms with Crippen LogP contribution in [0, 0.1) is 11.8 Å². The van der Waals surface area contributed by atoms with Crippen LogP contribution in [0.3, 0.4) is 0 Å². The monoisotopic (exact) mass is 387 g/mol. The fraction of sp³-hybridized carbons (Fsp3) is 0.158. The highest BCUT2D eigenvalue weighted by Gasteiger charge is 2.30. The van der Waals surface area contributed by atoms with Crippen LogP contribution in [0.25, 0.3) is 0 Å². The van der Waals surface area contributed by atoms with Gasteiger partial charge < -0.3 is 9.84 Å². The molecule has 1 heterocycles. The highest BCUT2D eigenvalue weighted by atomic mass is 35.5. The molecule has 3 aromatic rings. The summed E-state index contributed by atoms with van der Waals surface area (Å²) in [6, 6.07) is 12.0. The van der Waals surface area contributed by atoms with Crippen LogP contribution < -0.4 is 4.74 Å². The lowest BCUT2D eigenvalue weighted by atomic mass is 9.94. The van der Waals surface area contributed by atoms with Crippen molar-refractivity contribution in [2.24, 2.45) is 0 Å². The molecule has 1 aromatic heterocycles. The Morgan fingerprint density at radius 1 is 1.15 bits per heavy atom. The average Bonchev–Trinajstić information content (AvgIpc) is 3.10. The van der Waals surface area contributed by atoms with Crippen molar-refractivity contribution in [1.82, 2.24) is 14.8 Å². The van der Waals surface area contributed by atoms with Gasteiger partial charge in [0.2, 0.25) is 0 Å². The van der Waals surface area contributed by atoms with Crippen molar-refractivity contribution < 1.29 is 9.84 Å². The van der Waals surface area contributed by atoms with Gasteiger partial charge in [0, 0.05) is 10.6 Å². The maximum atomic E-state index is 11.0. The Kier molecular flexibility index (Phi) is 5.48. The summed E-state index contributed by atoms with van der Waals surface area (Å²) in [5, 5.41) is 16.0. The largest absolute Gasteiger partial charge is 0.457 e. The van der Waals surface area contributed by atoms with Gasteiger partial charge in [-0.1, -0.05) is 29.1 Å². The predicted octanol–water partition coefficient (Wildman–Crippen LogP) is 4.29. The van der Waals surface area contributed by atoms with Crippen LogP contribution in [-0.2, 0) is 12.1 Å². The number of benzene rings is 2. The molecule has 0 amide bonds. The van der Waals surface area contributed by atoms with E-state index in [2.05, 4.69) is 21.9 Å². The summed E-state index contributed by atoms with van der Waals surface area (Å²) in [5.74, 6) is 6.71. The zero-order valence-corrected chi connectivity index (χ0v) is 15.4. The van der Waals surface area contributed by atoms with Crippen LogP contribution >= 0.6 is 23.2 Å². The number of aromatic nitrogens is 3. The third-order valence-electron chi connectivity index (χ3n) is 3.62. The van der Waals surface area contributed by atoms with Gasteiger partial charge in [-0.3, -0.25) is 0 Å². The summed E-state index contributed by atoms with van der Waals surface area (Å²) in [7, 11) is 0. The maximum Gasteiger partial charge on any atom is 0.172 e. The number of ether oxygens (including phenoxy) is 1. The number of hydrogen-bond acceptors (Lipinski definition) is 4. The molecule has 132 valence electrons. The number of hydrogen-bond donors (Lipinski definition) is 1. The zero-order chi connectivity index (χ0) is 18.6. The topological polar surface area (TPSA) is 60.2 Å². The second-order valence-electron chi connectivity index (χ2n) is 5.53. The fourth-order valence-electron chi connectivity index (χ4n) is 2.48. The Hall–Kier alpha value is -2.52. The Morgan fingerprint density at radius 2 is 1.88 bits per heavy atom. The first-order chi connectivity index (χ1) is 12.5. The second kappa shape index (κ2) is 7.79. The normalized spacial score (nSPS) is 12.8. The molecular formula is C19H15Cl2N3O2. The predicted molar refractivity (Wildman–Crippen MR) is 100 cm³/mol. The molecule has 26 heavy (non-hydrogen) atoms. The molecule has 2 aromatic carbocycles. The third kappa shape index (κ3) is 4.17. The molecule has 0 saturated carbocycles. The number of rotatable bonds is 5. The van der Waals surface area contributed by atoms with Gasteiger partial charge in [0.05, 0.1) is 11.6 Å². The molecule has 1 atom stereocenters. The SMILES string of the molecule is CC#C[C@@](O)(Cn1cncn1)c1ccc(Oc2ccc(Cl)cc2)cc1Cl. The van der Waals surface area contributed by atoms with Gasteiger partial charge >= 0.3 is 0 Å². The van der Waals surface area contributed by atoms with Gasteiger partial charge in [0.1, 0.15) is 24.2 Å². The lowest BCUT2D eigenvalue weighted by Crippen LogP contribution is -2.30. The molecule has 0 fully saturated rings. The fourth-order valence-corrected chi connectivity index (χ4v) is 2.93. The minimum absolute atomic E-state index is 0.102. The summed E-state index contributed by atoms with van der Waals surface area (Å²) >= 11 is 12.3. The molecule has 0 unspecified atom stereocenters. The van der Waals surface area contributed by atoms with Crippen molar-refractivity contribution in [3.63, 3.8) is 0 Å². The minimum Gasteiger partial charge on any atom is -0.457 e. The van der Waals surface area contributed by atoms with Crippen LogP contribution in [0.15, 0.2) is 55.1 Å². The van der Waals surface area contributed by atoms with Crippen LogP contribution in [0.4, 0.5) is 0 Å². The first-order valence-electron chi connectivity index (χ1n) is 7.72. The second-order valence-corrected chi connectivity index (χ2v) is 6.37. The van der Waals surface area contributed by atoms with Gasteiger partial charge in [0.25, 0.3) is 0 Å². The van der Waals surface area contributed by atoms with Crippen molar-refractivity contribution in [3.05, 3.63) is 70.7 Å². The molecule has 3 rings (SSSR count). The van der Waals surface area contributed by atoms with E-state index < -0.39 is 5.60 Å². The summed E-state index contributed by atoms with van der Waals surface area (Å²) in [5.41, 5.74) is -1.04. The van der Waals surface area contributed by atoms with Crippen molar-refractivity contribution in [2.45, 2.75) is 19.1 Å². The molecule has 5 nitrogen and oxygen atoms in total. The van der Waals surface area contributed by atoms with E-state index in [4.69, 9.17) is 27.9 Å². The highest BCUT2D eigenvalue weighted by Crippen LogP contribution is 2.34. The van der Waals surface area contributed by atoms with Crippen molar-refractivity contribution >= 4 is 23.2 Å². The van der Waals surface area contributed by atoms with E-state index in [1.54, 1.807) is 49.4 Å². The van der Waals surface area contributed by atoms with Gasteiger partial charge in [-0.25, -0.2) is 9.67 Å². The quantitative estimate of drug-likeness (QED) is 0.663. The average molecular weight is 388 g/mol. The molecular weight excluding hydrogens is 373 g/mol. The Balaban J connectivity index is 1.88. The van der Waals surface area contributed by atoms with E-state index in [0.29, 0.717) is 27.1 Å². The minimum atomic E-state index is -1.50. The molecule has 0 radical (unpaired) electrons. The van der Waals surface area contributed by atoms with E-state index in [-0.39, 0.29) is 6.54 Å². The van der Waals surface area contributed by atoms with Crippen molar-refractivity contribution in [1.29, 1.82) is 0 Å². The number of aliphatic hydroxyl groups is 1. The highest BCUT2D eigenvalue weighted by molar-refractivity contribution is 6.31. The van der Waals surface area contributed by atoms with Crippen molar-refractivity contribution in [2.75, 3.05) is 0 Å². The van der Waals surface area contributed by atoms with Crippen LogP contribution in [-0.4, -0.2) is 19.9 Å². The smallest absolute Gasteiger partial charge is 0.172 e. The molecule has 0 saturated heterocycles.